The lowest BCUT2D eigenvalue weighted by Crippen LogP contribution is -2.60. The number of benzene rings is 8. The van der Waals surface area contributed by atoms with Gasteiger partial charge in [-0.3, -0.25) is 4.57 Å². The van der Waals surface area contributed by atoms with Gasteiger partial charge in [-0.05, 0) is 46.7 Å². The van der Waals surface area contributed by atoms with Gasteiger partial charge in [0.25, 0.3) is 13.4 Å². The first-order valence-electron chi connectivity index (χ1n) is 19.9. The molecule has 2 aromatic heterocycles. The fourth-order valence-electron chi connectivity index (χ4n) is 9.11. The lowest BCUT2D eigenvalue weighted by atomic mass is 9.32. The molecule has 8 aromatic carbocycles. The first kappa shape index (κ1) is 33.4. The molecule has 2 aliphatic rings. The maximum atomic E-state index is 7.00. The standard InChI is InChI=1S/C51H32B2N4O2/c1-4-16-33(17-5-1)49-54-50(34-18-6-2-7-19-34)56-51(55-49)57-42-25-13-10-22-37(42)38-32-36(28-30-43(38)57)53-40-24-12-14-26-44(40)58-46-31-29-41-48(47(46)53)59-45-27-15-11-23-39(45)52(41)35-20-8-3-9-21-35/h1-32H. The Kier molecular flexibility index (Phi) is 7.63. The molecule has 0 unspecified atom stereocenters. The SMILES string of the molecule is c1ccc(B2c3ccccc3Oc3c2ccc2c3B(c3ccc4c(c3)c3ccccc3n4-c3nc(-c4ccccc4)nc(-c4ccccc4)n3)c3ccccc3O2)cc1. The molecule has 0 N–H and O–H groups in total. The number of rotatable bonds is 5. The fraction of sp³-hybridized carbons (Fsp3) is 0. The summed E-state index contributed by atoms with van der Waals surface area (Å²) in [6.07, 6.45) is 0. The lowest BCUT2D eigenvalue weighted by Gasteiger charge is -2.33. The van der Waals surface area contributed by atoms with Crippen LogP contribution in [0, 0.1) is 0 Å². The molecule has 0 saturated carbocycles. The Labute approximate surface area is 341 Å². The molecule has 0 bridgehead atoms. The third-order valence-electron chi connectivity index (χ3n) is 11.7. The zero-order valence-corrected chi connectivity index (χ0v) is 31.7. The van der Waals surface area contributed by atoms with Gasteiger partial charge in [0.2, 0.25) is 5.95 Å². The van der Waals surface area contributed by atoms with E-state index in [0.29, 0.717) is 17.6 Å². The summed E-state index contributed by atoms with van der Waals surface area (Å²) in [4.78, 5) is 15.3. The summed E-state index contributed by atoms with van der Waals surface area (Å²) >= 11 is 0. The summed E-state index contributed by atoms with van der Waals surface area (Å²) in [6.45, 7) is -0.175. The van der Waals surface area contributed by atoms with Gasteiger partial charge in [0.15, 0.2) is 11.6 Å². The molecule has 0 atom stereocenters. The largest absolute Gasteiger partial charge is 0.459 e. The Bertz CT molecular complexity index is 3190. The molecule has 4 heterocycles. The summed E-state index contributed by atoms with van der Waals surface area (Å²) in [5.41, 5.74) is 10.6. The van der Waals surface area contributed by atoms with Crippen LogP contribution in [0.15, 0.2) is 194 Å². The molecule has 8 heteroatoms. The predicted octanol–water partition coefficient (Wildman–Crippen LogP) is 7.55. The van der Waals surface area contributed by atoms with E-state index in [1.807, 2.05) is 72.8 Å². The number of aromatic nitrogens is 4. The third kappa shape index (κ3) is 5.41. The van der Waals surface area contributed by atoms with Crippen LogP contribution >= 0.6 is 0 Å². The second-order valence-electron chi connectivity index (χ2n) is 15.1. The fourth-order valence-corrected chi connectivity index (χ4v) is 9.11. The maximum absolute atomic E-state index is 7.00. The van der Waals surface area contributed by atoms with Gasteiger partial charge < -0.3 is 9.47 Å². The molecular weight excluding hydrogens is 722 g/mol. The van der Waals surface area contributed by atoms with Crippen molar-refractivity contribution in [2.75, 3.05) is 0 Å². The van der Waals surface area contributed by atoms with Crippen molar-refractivity contribution in [1.82, 2.24) is 19.5 Å². The number of hydrogen-bond acceptors (Lipinski definition) is 5. The van der Waals surface area contributed by atoms with Crippen LogP contribution in [0.4, 0.5) is 0 Å². The highest BCUT2D eigenvalue weighted by molar-refractivity contribution is 7.00. The number of hydrogen-bond donors (Lipinski definition) is 0. The smallest absolute Gasteiger partial charge is 0.255 e. The minimum atomic E-state index is -0.176. The Morgan fingerprint density at radius 1 is 0.390 bits per heavy atom. The Morgan fingerprint density at radius 2 is 0.966 bits per heavy atom. The number of fused-ring (bicyclic) bond motifs is 8. The summed E-state index contributed by atoms with van der Waals surface area (Å²) < 4.78 is 15.9. The van der Waals surface area contributed by atoms with Crippen LogP contribution in [0.1, 0.15) is 0 Å². The Morgan fingerprint density at radius 3 is 1.68 bits per heavy atom. The van der Waals surface area contributed by atoms with Crippen LogP contribution in [0.5, 0.6) is 23.0 Å². The molecule has 59 heavy (non-hydrogen) atoms. The van der Waals surface area contributed by atoms with Crippen molar-refractivity contribution < 1.29 is 9.47 Å². The molecule has 0 spiro atoms. The average molecular weight is 754 g/mol. The van der Waals surface area contributed by atoms with E-state index in [-0.39, 0.29) is 13.4 Å². The zero-order valence-electron chi connectivity index (χ0n) is 31.7. The van der Waals surface area contributed by atoms with E-state index in [0.717, 1.165) is 83.2 Å². The second-order valence-corrected chi connectivity index (χ2v) is 15.1. The number of ether oxygens (including phenoxy) is 2. The van der Waals surface area contributed by atoms with Crippen LogP contribution in [-0.2, 0) is 0 Å². The van der Waals surface area contributed by atoms with Crippen molar-refractivity contribution >= 4 is 68.0 Å². The molecule has 12 rings (SSSR count). The molecule has 0 amide bonds. The molecule has 0 aliphatic carbocycles. The molecule has 10 aromatic rings. The van der Waals surface area contributed by atoms with Crippen LogP contribution in [-0.4, -0.2) is 32.9 Å². The van der Waals surface area contributed by atoms with Crippen LogP contribution in [0.3, 0.4) is 0 Å². The third-order valence-corrected chi connectivity index (χ3v) is 11.7. The first-order valence-corrected chi connectivity index (χ1v) is 19.9. The van der Waals surface area contributed by atoms with Gasteiger partial charge in [0, 0.05) is 27.4 Å². The van der Waals surface area contributed by atoms with Crippen molar-refractivity contribution in [1.29, 1.82) is 0 Å². The molecule has 2 aliphatic heterocycles. The summed E-state index contributed by atoms with van der Waals surface area (Å²) in [7, 11) is 0. The van der Waals surface area contributed by atoms with Crippen LogP contribution < -0.4 is 42.3 Å². The van der Waals surface area contributed by atoms with Gasteiger partial charge in [-0.1, -0.05) is 175 Å². The van der Waals surface area contributed by atoms with Crippen molar-refractivity contribution in [3.8, 4) is 51.7 Å². The Balaban J connectivity index is 1.08. The number of nitrogens with zero attached hydrogens (tertiary/aromatic N) is 4. The normalized spacial score (nSPS) is 12.6. The molecular formula is C51H32B2N4O2. The van der Waals surface area contributed by atoms with E-state index in [2.05, 4.69) is 126 Å². The Hall–Kier alpha value is -7.70. The minimum absolute atomic E-state index is 0.00152. The van der Waals surface area contributed by atoms with Crippen LogP contribution in [0.25, 0.3) is 50.5 Å². The highest BCUT2D eigenvalue weighted by atomic mass is 16.5. The van der Waals surface area contributed by atoms with Crippen molar-refractivity contribution in [2.45, 2.75) is 0 Å². The number of para-hydroxylation sites is 3. The molecule has 0 fully saturated rings. The van der Waals surface area contributed by atoms with E-state index in [1.165, 1.54) is 5.46 Å². The van der Waals surface area contributed by atoms with Gasteiger partial charge in [0.1, 0.15) is 23.0 Å². The zero-order chi connectivity index (χ0) is 38.9. The summed E-state index contributed by atoms with van der Waals surface area (Å²) in [5.74, 6) is 5.15. The van der Waals surface area contributed by atoms with Crippen LogP contribution in [0.2, 0.25) is 0 Å². The van der Waals surface area contributed by atoms with Gasteiger partial charge in [-0.25, -0.2) is 4.98 Å². The van der Waals surface area contributed by atoms with Crippen molar-refractivity contribution in [3.05, 3.63) is 194 Å². The monoisotopic (exact) mass is 754 g/mol. The molecule has 6 nitrogen and oxygen atoms in total. The first-order chi connectivity index (χ1) is 29.3. The maximum Gasteiger partial charge on any atom is 0.255 e. The highest BCUT2D eigenvalue weighted by Crippen LogP contribution is 2.35. The highest BCUT2D eigenvalue weighted by Gasteiger charge is 2.41. The lowest BCUT2D eigenvalue weighted by molar-refractivity contribution is 0.469. The van der Waals surface area contributed by atoms with Gasteiger partial charge in [0.05, 0.1) is 11.0 Å². The van der Waals surface area contributed by atoms with E-state index >= 15 is 0 Å². The summed E-state index contributed by atoms with van der Waals surface area (Å²) in [6, 6.07) is 67.3. The van der Waals surface area contributed by atoms with Gasteiger partial charge in [-0.2, -0.15) is 9.97 Å². The van der Waals surface area contributed by atoms with Gasteiger partial charge in [-0.15, -0.1) is 0 Å². The molecule has 274 valence electrons. The predicted molar refractivity (Wildman–Crippen MR) is 240 cm³/mol. The molecule has 0 radical (unpaired) electrons. The molecule has 0 saturated heterocycles. The van der Waals surface area contributed by atoms with Crippen molar-refractivity contribution in [2.24, 2.45) is 0 Å². The van der Waals surface area contributed by atoms with E-state index in [4.69, 9.17) is 24.4 Å². The van der Waals surface area contributed by atoms with Gasteiger partial charge >= 0.3 is 0 Å². The van der Waals surface area contributed by atoms with Crippen molar-refractivity contribution in [3.63, 3.8) is 0 Å². The quantitative estimate of drug-likeness (QED) is 0.170. The summed E-state index contributed by atoms with van der Waals surface area (Å²) in [5, 5.41) is 2.21. The van der Waals surface area contributed by atoms with E-state index in [9.17, 15) is 0 Å². The topological polar surface area (TPSA) is 62.1 Å². The van der Waals surface area contributed by atoms with E-state index in [1.54, 1.807) is 0 Å². The minimum Gasteiger partial charge on any atom is -0.459 e. The van der Waals surface area contributed by atoms with E-state index < -0.39 is 0 Å². The second kappa shape index (κ2) is 13.5. The average Bonchev–Trinajstić information content (AvgIpc) is 3.64.